The number of morpholine rings is 1. The molecule has 1 amide bonds. The number of ether oxygens (including phenoxy) is 1. The summed E-state index contributed by atoms with van der Waals surface area (Å²) in [4.78, 5) is 17.2. The van der Waals surface area contributed by atoms with Crippen molar-refractivity contribution >= 4 is 5.91 Å². The summed E-state index contributed by atoms with van der Waals surface area (Å²) >= 11 is 0. The van der Waals surface area contributed by atoms with Gasteiger partial charge in [-0.15, -0.1) is 0 Å². The molecule has 6 nitrogen and oxygen atoms in total. The summed E-state index contributed by atoms with van der Waals surface area (Å²) in [5.41, 5.74) is 1.69. The van der Waals surface area contributed by atoms with Crippen LogP contribution in [0, 0.1) is 0 Å². The number of carbonyl (C=O) groups is 1. The minimum absolute atomic E-state index is 0.0290. The van der Waals surface area contributed by atoms with Crippen LogP contribution in [-0.4, -0.2) is 62.7 Å². The molecule has 1 aliphatic rings. The van der Waals surface area contributed by atoms with E-state index in [1.54, 1.807) is 6.26 Å². The maximum absolute atomic E-state index is 12.8. The summed E-state index contributed by atoms with van der Waals surface area (Å²) in [6, 6.07) is 11.9. The quantitative estimate of drug-likeness (QED) is 0.773. The van der Waals surface area contributed by atoms with Crippen molar-refractivity contribution in [2.45, 2.75) is 19.0 Å². The fourth-order valence-corrected chi connectivity index (χ4v) is 3.20. The summed E-state index contributed by atoms with van der Waals surface area (Å²) in [6.07, 6.45) is 2.40. The molecule has 1 aromatic carbocycles. The van der Waals surface area contributed by atoms with E-state index in [0.717, 1.165) is 50.6 Å². The van der Waals surface area contributed by atoms with Gasteiger partial charge in [-0.05, 0) is 38.7 Å². The molecule has 0 radical (unpaired) electrons. The first-order valence-corrected chi connectivity index (χ1v) is 9.50. The number of nitrogens with zero attached hydrogens (tertiary/aromatic N) is 2. The van der Waals surface area contributed by atoms with E-state index in [4.69, 9.17) is 9.15 Å². The fourth-order valence-electron chi connectivity index (χ4n) is 3.20. The highest BCUT2D eigenvalue weighted by molar-refractivity contribution is 5.94. The van der Waals surface area contributed by atoms with Gasteiger partial charge in [0, 0.05) is 13.1 Å². The van der Waals surface area contributed by atoms with Crippen molar-refractivity contribution in [2.75, 3.05) is 46.9 Å². The summed E-state index contributed by atoms with van der Waals surface area (Å²) in [5.74, 6) is 0.714. The molecule has 1 aromatic heterocycles. The highest BCUT2D eigenvalue weighted by Gasteiger charge is 2.19. The Morgan fingerprint density at radius 3 is 2.67 bits per heavy atom. The van der Waals surface area contributed by atoms with Crippen LogP contribution in [0.25, 0.3) is 0 Å². The highest BCUT2D eigenvalue weighted by atomic mass is 16.5. The molecule has 0 spiro atoms. The molecule has 1 N–H and O–H groups in total. The second-order valence-electron chi connectivity index (χ2n) is 7.22. The molecule has 2 aromatic rings. The van der Waals surface area contributed by atoms with Crippen LogP contribution in [-0.2, 0) is 11.3 Å². The lowest BCUT2D eigenvalue weighted by molar-refractivity contribution is 0.0313. The van der Waals surface area contributed by atoms with Gasteiger partial charge in [-0.3, -0.25) is 9.69 Å². The zero-order valence-corrected chi connectivity index (χ0v) is 16.2. The Bertz CT molecular complexity index is 708. The predicted molar refractivity (Wildman–Crippen MR) is 105 cm³/mol. The number of benzene rings is 1. The Morgan fingerprint density at radius 2 is 1.96 bits per heavy atom. The summed E-state index contributed by atoms with van der Waals surface area (Å²) < 4.78 is 11.0. The lowest BCUT2D eigenvalue weighted by Gasteiger charge is -2.25. The van der Waals surface area contributed by atoms with Crippen molar-refractivity contribution in [3.8, 4) is 0 Å². The van der Waals surface area contributed by atoms with Gasteiger partial charge in [0.15, 0.2) is 0 Å². The Balaban J connectivity index is 1.62. The van der Waals surface area contributed by atoms with E-state index in [1.165, 1.54) is 0 Å². The van der Waals surface area contributed by atoms with Crippen LogP contribution in [0.3, 0.4) is 0 Å². The minimum atomic E-state index is -0.0976. The molecule has 0 aliphatic carbocycles. The lowest BCUT2D eigenvalue weighted by atomic mass is 10.0. The van der Waals surface area contributed by atoms with Gasteiger partial charge in [0.2, 0.25) is 0 Å². The molecule has 27 heavy (non-hydrogen) atoms. The standard InChI is InChI=1S/C21H29N3O3/c1-23(2)9-8-20(17-6-4-3-5-7-17)22-21(25)18-14-19(27-16-18)15-24-10-12-26-13-11-24/h3-7,14,16,20H,8-13,15H2,1-2H3,(H,22,25)/t20-/m1/s1. The van der Waals surface area contributed by atoms with Gasteiger partial charge in [0.25, 0.3) is 5.91 Å². The van der Waals surface area contributed by atoms with Crippen LogP contribution in [0.2, 0.25) is 0 Å². The monoisotopic (exact) mass is 371 g/mol. The van der Waals surface area contributed by atoms with Crippen molar-refractivity contribution in [3.63, 3.8) is 0 Å². The number of hydrogen-bond acceptors (Lipinski definition) is 5. The summed E-state index contributed by atoms with van der Waals surface area (Å²) in [5, 5.41) is 3.16. The number of amides is 1. The number of furan rings is 1. The van der Waals surface area contributed by atoms with Gasteiger partial charge in [-0.25, -0.2) is 0 Å². The van der Waals surface area contributed by atoms with Crippen molar-refractivity contribution in [1.82, 2.24) is 15.1 Å². The van der Waals surface area contributed by atoms with Crippen molar-refractivity contribution in [2.24, 2.45) is 0 Å². The SMILES string of the molecule is CN(C)CC[C@@H](NC(=O)c1coc(CN2CCOCC2)c1)c1ccccc1. The Kier molecular flexibility index (Phi) is 7.04. The topological polar surface area (TPSA) is 58.0 Å². The Labute approximate surface area is 161 Å². The van der Waals surface area contributed by atoms with Crippen LogP contribution in [0.4, 0.5) is 0 Å². The zero-order valence-electron chi connectivity index (χ0n) is 16.2. The molecule has 1 atom stereocenters. The third-order valence-corrected chi connectivity index (χ3v) is 4.77. The Morgan fingerprint density at radius 1 is 1.22 bits per heavy atom. The molecule has 146 valence electrons. The van der Waals surface area contributed by atoms with E-state index in [0.29, 0.717) is 12.1 Å². The second kappa shape index (κ2) is 9.69. The fraction of sp³-hybridized carbons (Fsp3) is 0.476. The van der Waals surface area contributed by atoms with Crippen LogP contribution in [0.5, 0.6) is 0 Å². The first kappa shape index (κ1) is 19.6. The van der Waals surface area contributed by atoms with E-state index in [1.807, 2.05) is 38.4 Å². The normalized spacial score (nSPS) is 16.4. The van der Waals surface area contributed by atoms with Crippen LogP contribution < -0.4 is 5.32 Å². The molecule has 0 bridgehead atoms. The molecule has 6 heteroatoms. The number of carbonyl (C=O) groups excluding carboxylic acids is 1. The smallest absolute Gasteiger partial charge is 0.255 e. The number of hydrogen-bond donors (Lipinski definition) is 1. The molecule has 0 saturated carbocycles. The van der Waals surface area contributed by atoms with E-state index in [-0.39, 0.29) is 11.9 Å². The van der Waals surface area contributed by atoms with Gasteiger partial charge >= 0.3 is 0 Å². The molecule has 0 unspecified atom stereocenters. The maximum Gasteiger partial charge on any atom is 0.255 e. The van der Waals surface area contributed by atoms with Crippen molar-refractivity contribution in [1.29, 1.82) is 0 Å². The average Bonchev–Trinajstić information content (AvgIpc) is 3.15. The molecule has 1 saturated heterocycles. The van der Waals surface area contributed by atoms with E-state index < -0.39 is 0 Å². The van der Waals surface area contributed by atoms with E-state index in [9.17, 15) is 4.79 Å². The first-order valence-electron chi connectivity index (χ1n) is 9.50. The minimum Gasteiger partial charge on any atom is -0.467 e. The lowest BCUT2D eigenvalue weighted by Crippen LogP contribution is -2.35. The van der Waals surface area contributed by atoms with Gasteiger partial charge in [-0.2, -0.15) is 0 Å². The Hall–Kier alpha value is -2.15. The van der Waals surface area contributed by atoms with E-state index >= 15 is 0 Å². The van der Waals surface area contributed by atoms with Gasteiger partial charge < -0.3 is 19.4 Å². The maximum atomic E-state index is 12.8. The third-order valence-electron chi connectivity index (χ3n) is 4.77. The molecule has 1 aliphatic heterocycles. The van der Waals surface area contributed by atoms with Gasteiger partial charge in [0.05, 0.1) is 31.4 Å². The molecule has 2 heterocycles. The first-order chi connectivity index (χ1) is 13.1. The molecular formula is C21H29N3O3. The predicted octanol–water partition coefficient (Wildman–Crippen LogP) is 2.53. The molecule has 3 rings (SSSR count). The third kappa shape index (κ3) is 5.92. The van der Waals surface area contributed by atoms with Crippen molar-refractivity contribution < 1.29 is 13.9 Å². The largest absolute Gasteiger partial charge is 0.467 e. The summed E-state index contributed by atoms with van der Waals surface area (Å²) in [7, 11) is 4.08. The van der Waals surface area contributed by atoms with Gasteiger partial charge in [0.1, 0.15) is 12.0 Å². The van der Waals surface area contributed by atoms with Crippen LogP contribution >= 0.6 is 0 Å². The second-order valence-corrected chi connectivity index (χ2v) is 7.22. The van der Waals surface area contributed by atoms with Crippen molar-refractivity contribution in [3.05, 3.63) is 59.5 Å². The van der Waals surface area contributed by atoms with Crippen LogP contribution in [0.15, 0.2) is 47.1 Å². The molecular weight excluding hydrogens is 342 g/mol. The molecule has 1 fully saturated rings. The zero-order chi connectivity index (χ0) is 19.1. The number of rotatable bonds is 8. The number of nitrogens with one attached hydrogen (secondary N) is 1. The summed E-state index contributed by atoms with van der Waals surface area (Å²) in [6.45, 7) is 4.88. The highest BCUT2D eigenvalue weighted by Crippen LogP contribution is 2.19. The van der Waals surface area contributed by atoms with Gasteiger partial charge in [-0.1, -0.05) is 30.3 Å². The average molecular weight is 371 g/mol. The van der Waals surface area contributed by atoms with E-state index in [2.05, 4.69) is 27.2 Å². The van der Waals surface area contributed by atoms with Crippen LogP contribution in [0.1, 0.15) is 34.1 Å².